The van der Waals surface area contributed by atoms with Gasteiger partial charge in [0, 0.05) is 25.7 Å². The van der Waals surface area contributed by atoms with E-state index >= 15 is 0 Å². The summed E-state index contributed by atoms with van der Waals surface area (Å²) in [4.78, 5) is 12.8. The number of carbonyl (C=O) groups is 1. The molecule has 1 atom stereocenters. The van der Waals surface area contributed by atoms with Crippen molar-refractivity contribution >= 4 is 5.97 Å². The van der Waals surface area contributed by atoms with Crippen LogP contribution in [0.4, 0.5) is 0 Å². The van der Waals surface area contributed by atoms with Crippen molar-refractivity contribution in [2.24, 2.45) is 5.41 Å². The molecule has 1 unspecified atom stereocenters. The molecule has 1 heterocycles. The molecule has 0 aliphatic carbocycles. The van der Waals surface area contributed by atoms with Gasteiger partial charge in [-0.25, -0.2) is 0 Å². The molecule has 4 heteroatoms. The highest BCUT2D eigenvalue weighted by atomic mass is 16.4. The Balaban J connectivity index is 2.53. The van der Waals surface area contributed by atoms with E-state index in [0.29, 0.717) is 0 Å². The molecule has 1 saturated heterocycles. The van der Waals surface area contributed by atoms with Gasteiger partial charge in [-0.15, -0.1) is 0 Å². The van der Waals surface area contributed by atoms with E-state index in [2.05, 4.69) is 24.1 Å². The molecular formula is C10H20N2O2. The standard InChI is InChI=1S/C10H20N2O2/c1-10(2)6-11-8(4-9(13)14)5-12(3)7-10/h8,11H,4-7H2,1-3H3,(H,13,14). The van der Waals surface area contributed by atoms with Gasteiger partial charge < -0.3 is 15.3 Å². The van der Waals surface area contributed by atoms with Gasteiger partial charge in [-0.05, 0) is 12.5 Å². The lowest BCUT2D eigenvalue weighted by molar-refractivity contribution is -0.137. The van der Waals surface area contributed by atoms with Gasteiger partial charge in [0.05, 0.1) is 6.42 Å². The maximum absolute atomic E-state index is 10.6. The topological polar surface area (TPSA) is 52.6 Å². The first-order chi connectivity index (χ1) is 6.39. The summed E-state index contributed by atoms with van der Waals surface area (Å²) in [5, 5.41) is 12.0. The van der Waals surface area contributed by atoms with Crippen LogP contribution in [0.1, 0.15) is 20.3 Å². The van der Waals surface area contributed by atoms with E-state index in [0.717, 1.165) is 19.6 Å². The van der Waals surface area contributed by atoms with Crippen LogP contribution in [0.2, 0.25) is 0 Å². The predicted molar refractivity (Wildman–Crippen MR) is 55.3 cm³/mol. The average molecular weight is 200 g/mol. The van der Waals surface area contributed by atoms with Crippen LogP contribution >= 0.6 is 0 Å². The molecule has 1 aliphatic rings. The van der Waals surface area contributed by atoms with Gasteiger partial charge in [-0.2, -0.15) is 0 Å². The number of likely N-dealkylation sites (N-methyl/N-ethyl adjacent to an activating group) is 1. The van der Waals surface area contributed by atoms with Gasteiger partial charge in [0.1, 0.15) is 0 Å². The summed E-state index contributed by atoms with van der Waals surface area (Å²) in [6, 6.07) is 0.0827. The molecular weight excluding hydrogens is 180 g/mol. The minimum absolute atomic E-state index is 0.0827. The van der Waals surface area contributed by atoms with Gasteiger partial charge >= 0.3 is 5.97 Å². The van der Waals surface area contributed by atoms with Gasteiger partial charge in [-0.3, -0.25) is 4.79 Å². The number of rotatable bonds is 2. The molecule has 0 aromatic heterocycles. The van der Waals surface area contributed by atoms with Gasteiger partial charge in [0.2, 0.25) is 0 Å². The Bertz CT molecular complexity index is 216. The van der Waals surface area contributed by atoms with Crippen molar-refractivity contribution in [2.75, 3.05) is 26.7 Å². The number of nitrogens with one attached hydrogen (secondary N) is 1. The normalized spacial score (nSPS) is 28.4. The van der Waals surface area contributed by atoms with E-state index in [1.165, 1.54) is 0 Å². The monoisotopic (exact) mass is 200 g/mol. The molecule has 1 aliphatic heterocycles. The Kier molecular flexibility index (Phi) is 3.50. The highest BCUT2D eigenvalue weighted by Crippen LogP contribution is 2.18. The molecule has 1 rings (SSSR count). The smallest absolute Gasteiger partial charge is 0.304 e. The molecule has 2 N–H and O–H groups in total. The number of nitrogens with zero attached hydrogens (tertiary/aromatic N) is 1. The maximum Gasteiger partial charge on any atom is 0.304 e. The van der Waals surface area contributed by atoms with Gasteiger partial charge in [0.25, 0.3) is 0 Å². The van der Waals surface area contributed by atoms with E-state index in [4.69, 9.17) is 5.11 Å². The summed E-state index contributed by atoms with van der Waals surface area (Å²) in [7, 11) is 2.05. The van der Waals surface area contributed by atoms with Crippen molar-refractivity contribution in [2.45, 2.75) is 26.3 Å². The molecule has 0 aromatic carbocycles. The third-order valence-corrected chi connectivity index (χ3v) is 2.52. The van der Waals surface area contributed by atoms with E-state index in [9.17, 15) is 4.79 Å². The second-order valence-corrected chi connectivity index (χ2v) is 5.04. The molecule has 1 fully saturated rings. The first kappa shape index (κ1) is 11.5. The molecule has 0 spiro atoms. The molecule has 0 bridgehead atoms. The third-order valence-electron chi connectivity index (χ3n) is 2.52. The van der Waals surface area contributed by atoms with Crippen molar-refractivity contribution in [1.29, 1.82) is 0 Å². The zero-order valence-corrected chi connectivity index (χ0v) is 9.21. The van der Waals surface area contributed by atoms with E-state index < -0.39 is 5.97 Å². The fourth-order valence-corrected chi connectivity index (χ4v) is 2.06. The van der Waals surface area contributed by atoms with Crippen LogP contribution in [0.25, 0.3) is 0 Å². The number of hydrogen-bond acceptors (Lipinski definition) is 3. The quantitative estimate of drug-likeness (QED) is 0.677. The number of aliphatic carboxylic acids is 1. The summed E-state index contributed by atoms with van der Waals surface area (Å²) in [6.07, 6.45) is 0.209. The van der Waals surface area contributed by atoms with Crippen molar-refractivity contribution < 1.29 is 9.90 Å². The van der Waals surface area contributed by atoms with Crippen molar-refractivity contribution in [3.8, 4) is 0 Å². The summed E-state index contributed by atoms with van der Waals surface area (Å²) in [6.45, 7) is 7.10. The SMILES string of the molecule is CN1CC(CC(=O)O)NCC(C)(C)C1. The van der Waals surface area contributed by atoms with E-state index in [1.54, 1.807) is 0 Å². The lowest BCUT2D eigenvalue weighted by Crippen LogP contribution is -2.38. The lowest BCUT2D eigenvalue weighted by atomic mass is 9.93. The number of carboxylic acid groups (broad SMARTS) is 1. The molecule has 0 amide bonds. The Morgan fingerprint density at radius 1 is 1.64 bits per heavy atom. The Morgan fingerprint density at radius 2 is 2.29 bits per heavy atom. The van der Waals surface area contributed by atoms with Crippen LogP contribution in [0.15, 0.2) is 0 Å². The Labute approximate surface area is 85.3 Å². The van der Waals surface area contributed by atoms with Gasteiger partial charge in [0.15, 0.2) is 0 Å². The van der Waals surface area contributed by atoms with E-state index in [-0.39, 0.29) is 17.9 Å². The van der Waals surface area contributed by atoms with Crippen LogP contribution in [0, 0.1) is 5.41 Å². The predicted octanol–water partition coefficient (Wildman–Crippen LogP) is 0.391. The summed E-state index contributed by atoms with van der Waals surface area (Å²) in [5.41, 5.74) is 0.224. The highest BCUT2D eigenvalue weighted by Gasteiger charge is 2.27. The fourth-order valence-electron chi connectivity index (χ4n) is 2.06. The van der Waals surface area contributed by atoms with Crippen molar-refractivity contribution in [1.82, 2.24) is 10.2 Å². The molecule has 0 radical (unpaired) electrons. The highest BCUT2D eigenvalue weighted by molar-refractivity contribution is 5.67. The Morgan fingerprint density at radius 3 is 2.86 bits per heavy atom. The number of hydrogen-bond donors (Lipinski definition) is 2. The molecule has 14 heavy (non-hydrogen) atoms. The summed E-state index contributed by atoms with van der Waals surface area (Å²) >= 11 is 0. The van der Waals surface area contributed by atoms with Crippen LogP contribution in [0.3, 0.4) is 0 Å². The molecule has 4 nitrogen and oxygen atoms in total. The third kappa shape index (κ3) is 3.64. The van der Waals surface area contributed by atoms with Crippen molar-refractivity contribution in [3.05, 3.63) is 0 Å². The first-order valence-corrected chi connectivity index (χ1v) is 5.03. The van der Waals surface area contributed by atoms with Crippen LogP contribution < -0.4 is 5.32 Å². The maximum atomic E-state index is 10.6. The van der Waals surface area contributed by atoms with E-state index in [1.807, 2.05) is 7.05 Å². The van der Waals surface area contributed by atoms with Gasteiger partial charge in [-0.1, -0.05) is 13.8 Å². The number of carboxylic acids is 1. The minimum Gasteiger partial charge on any atom is -0.481 e. The molecule has 82 valence electrons. The Hall–Kier alpha value is -0.610. The first-order valence-electron chi connectivity index (χ1n) is 5.03. The van der Waals surface area contributed by atoms with Crippen LogP contribution in [-0.4, -0.2) is 48.7 Å². The van der Waals surface area contributed by atoms with Crippen LogP contribution in [-0.2, 0) is 4.79 Å². The zero-order chi connectivity index (χ0) is 10.8. The largest absolute Gasteiger partial charge is 0.481 e. The minimum atomic E-state index is -0.726. The van der Waals surface area contributed by atoms with Crippen LogP contribution in [0.5, 0.6) is 0 Å². The second-order valence-electron chi connectivity index (χ2n) is 5.04. The zero-order valence-electron chi connectivity index (χ0n) is 9.21. The molecule has 0 aromatic rings. The fraction of sp³-hybridized carbons (Fsp3) is 0.900. The average Bonchev–Trinajstić information content (AvgIpc) is 2.08. The second kappa shape index (κ2) is 4.28. The molecule has 0 saturated carbocycles. The lowest BCUT2D eigenvalue weighted by Gasteiger charge is -2.25. The summed E-state index contributed by atoms with van der Waals surface area (Å²) in [5.74, 6) is -0.726. The van der Waals surface area contributed by atoms with Crippen molar-refractivity contribution in [3.63, 3.8) is 0 Å². The summed E-state index contributed by atoms with van der Waals surface area (Å²) < 4.78 is 0.